The molecule has 0 bridgehead atoms. The Bertz CT molecular complexity index is 745. The minimum Gasteiger partial charge on any atom is -0.449 e. The van der Waals surface area contributed by atoms with Crippen LogP contribution in [0.15, 0.2) is 40.8 Å². The van der Waals surface area contributed by atoms with Gasteiger partial charge in [-0.05, 0) is 32.9 Å². The molecular formula is C18H19NO5. The highest BCUT2D eigenvalue weighted by molar-refractivity contribution is 5.94. The molecular weight excluding hydrogens is 310 g/mol. The van der Waals surface area contributed by atoms with Crippen molar-refractivity contribution >= 4 is 17.7 Å². The third-order valence-electron chi connectivity index (χ3n) is 3.39. The van der Waals surface area contributed by atoms with E-state index in [1.54, 1.807) is 37.3 Å². The fourth-order valence-corrected chi connectivity index (χ4v) is 2.06. The smallest absolute Gasteiger partial charge is 0.375 e. The molecule has 0 fully saturated rings. The maximum absolute atomic E-state index is 12.0. The number of likely N-dealkylation sites (N-methyl/N-ethyl adjacent to an activating group) is 1. The van der Waals surface area contributed by atoms with Gasteiger partial charge in [-0.1, -0.05) is 24.3 Å². The molecule has 0 unspecified atom stereocenters. The first-order valence-electron chi connectivity index (χ1n) is 7.62. The van der Waals surface area contributed by atoms with Crippen LogP contribution >= 0.6 is 0 Å². The zero-order chi connectivity index (χ0) is 17.7. The van der Waals surface area contributed by atoms with Crippen molar-refractivity contribution in [2.75, 3.05) is 6.54 Å². The molecule has 1 aromatic carbocycles. The van der Waals surface area contributed by atoms with Crippen molar-refractivity contribution in [3.8, 4) is 11.3 Å². The summed E-state index contributed by atoms with van der Waals surface area (Å²) in [6.07, 6.45) is -0.902. The molecule has 1 N–H and O–H groups in total. The van der Waals surface area contributed by atoms with E-state index in [1.807, 2.05) is 0 Å². The molecule has 0 aliphatic rings. The lowest BCUT2D eigenvalue weighted by atomic mass is 10.1. The Morgan fingerprint density at radius 3 is 2.38 bits per heavy atom. The van der Waals surface area contributed by atoms with Gasteiger partial charge in [0, 0.05) is 17.7 Å². The number of nitrogens with one attached hydrogen (secondary N) is 1. The Kier molecular flexibility index (Phi) is 5.52. The van der Waals surface area contributed by atoms with Gasteiger partial charge in [0.2, 0.25) is 5.76 Å². The molecule has 0 saturated heterocycles. The molecule has 2 aromatic rings. The van der Waals surface area contributed by atoms with Gasteiger partial charge in [-0.25, -0.2) is 4.79 Å². The Morgan fingerprint density at radius 1 is 1.12 bits per heavy atom. The zero-order valence-electron chi connectivity index (χ0n) is 13.8. The molecule has 0 radical (unpaired) electrons. The van der Waals surface area contributed by atoms with E-state index in [1.165, 1.54) is 19.9 Å². The van der Waals surface area contributed by atoms with Gasteiger partial charge in [0.15, 0.2) is 11.9 Å². The average molecular weight is 329 g/mol. The van der Waals surface area contributed by atoms with Crippen molar-refractivity contribution in [3.63, 3.8) is 0 Å². The number of carbonyl (C=O) groups excluding carboxylic acids is 3. The summed E-state index contributed by atoms with van der Waals surface area (Å²) in [5.74, 6) is -0.609. The van der Waals surface area contributed by atoms with Crippen molar-refractivity contribution in [1.82, 2.24) is 5.32 Å². The number of ether oxygens (including phenoxy) is 1. The van der Waals surface area contributed by atoms with Crippen molar-refractivity contribution in [1.29, 1.82) is 0 Å². The molecule has 0 saturated carbocycles. The van der Waals surface area contributed by atoms with Crippen LogP contribution < -0.4 is 5.32 Å². The van der Waals surface area contributed by atoms with Crippen molar-refractivity contribution < 1.29 is 23.5 Å². The summed E-state index contributed by atoms with van der Waals surface area (Å²) in [5, 5.41) is 2.57. The van der Waals surface area contributed by atoms with Crippen molar-refractivity contribution in [3.05, 3.63) is 47.7 Å². The van der Waals surface area contributed by atoms with Crippen molar-refractivity contribution in [2.45, 2.75) is 26.9 Å². The zero-order valence-corrected chi connectivity index (χ0v) is 13.8. The highest BCUT2D eigenvalue weighted by Gasteiger charge is 2.21. The first kappa shape index (κ1) is 17.5. The topological polar surface area (TPSA) is 85.6 Å². The van der Waals surface area contributed by atoms with E-state index in [0.717, 1.165) is 5.56 Å². The predicted octanol–water partition coefficient (Wildman–Crippen LogP) is 2.83. The summed E-state index contributed by atoms with van der Waals surface area (Å²) in [6, 6.07) is 9.98. The lowest BCUT2D eigenvalue weighted by molar-refractivity contribution is -0.129. The van der Waals surface area contributed by atoms with Crippen LogP contribution in [0.5, 0.6) is 0 Å². The molecule has 6 nitrogen and oxygen atoms in total. The molecule has 24 heavy (non-hydrogen) atoms. The minimum absolute atomic E-state index is 0.0109. The lowest BCUT2D eigenvalue weighted by Crippen LogP contribution is -2.35. The quantitative estimate of drug-likeness (QED) is 0.650. The maximum Gasteiger partial charge on any atom is 0.375 e. The highest BCUT2D eigenvalue weighted by atomic mass is 16.6. The van der Waals surface area contributed by atoms with E-state index in [9.17, 15) is 14.4 Å². The third-order valence-corrected chi connectivity index (χ3v) is 3.39. The van der Waals surface area contributed by atoms with Crippen LogP contribution in [0.2, 0.25) is 0 Å². The molecule has 1 amide bonds. The van der Waals surface area contributed by atoms with E-state index in [0.29, 0.717) is 17.9 Å². The molecule has 126 valence electrons. The number of Topliss-reactive ketones (excluding diaryl/α,β-unsaturated/α-hetero) is 1. The maximum atomic E-state index is 12.0. The molecule has 2 rings (SSSR count). The van der Waals surface area contributed by atoms with Gasteiger partial charge in [0.05, 0.1) is 0 Å². The minimum atomic E-state index is -0.902. The molecule has 0 aliphatic heterocycles. The summed E-state index contributed by atoms with van der Waals surface area (Å²) in [7, 11) is 0. The Hall–Kier alpha value is -2.89. The normalized spacial score (nSPS) is 11.6. The number of esters is 1. The highest BCUT2D eigenvalue weighted by Crippen LogP contribution is 2.23. The van der Waals surface area contributed by atoms with Gasteiger partial charge in [0.1, 0.15) is 5.76 Å². The number of rotatable bonds is 6. The second kappa shape index (κ2) is 7.59. The molecule has 1 aromatic heterocycles. The van der Waals surface area contributed by atoms with E-state index >= 15 is 0 Å². The first-order valence-corrected chi connectivity index (χ1v) is 7.62. The number of carbonyl (C=O) groups is 3. The van der Waals surface area contributed by atoms with Gasteiger partial charge < -0.3 is 14.5 Å². The fraction of sp³-hybridized carbons (Fsp3) is 0.278. The van der Waals surface area contributed by atoms with Gasteiger partial charge in [0.25, 0.3) is 5.91 Å². The predicted molar refractivity (Wildman–Crippen MR) is 87.7 cm³/mol. The summed E-state index contributed by atoms with van der Waals surface area (Å²) in [6.45, 7) is 5.23. The number of hydrogen-bond donors (Lipinski definition) is 1. The molecule has 1 atom stereocenters. The number of hydrogen-bond acceptors (Lipinski definition) is 5. The molecule has 0 aliphatic carbocycles. The number of ketones is 1. The summed E-state index contributed by atoms with van der Waals surface area (Å²) < 4.78 is 10.5. The van der Waals surface area contributed by atoms with Crippen LogP contribution in [0.3, 0.4) is 0 Å². The summed E-state index contributed by atoms with van der Waals surface area (Å²) in [5.41, 5.74) is 1.33. The molecule has 0 spiro atoms. The first-order chi connectivity index (χ1) is 11.4. The van der Waals surface area contributed by atoms with E-state index < -0.39 is 12.1 Å². The van der Waals surface area contributed by atoms with Gasteiger partial charge in [-0.15, -0.1) is 0 Å². The Balaban J connectivity index is 2.08. The van der Waals surface area contributed by atoms with E-state index in [4.69, 9.17) is 9.15 Å². The fourth-order valence-electron chi connectivity index (χ4n) is 2.06. The second-order valence-corrected chi connectivity index (χ2v) is 5.24. The standard InChI is InChI=1S/C18H19NO5/c1-4-19-17(21)12(3)23-18(22)16-10-9-15(24-16)14-7-5-13(6-8-14)11(2)20/h5-10,12H,4H2,1-3H3,(H,19,21)/t12-/m1/s1. The van der Waals surface area contributed by atoms with Gasteiger partial charge in [-0.3, -0.25) is 9.59 Å². The lowest BCUT2D eigenvalue weighted by Gasteiger charge is -2.11. The van der Waals surface area contributed by atoms with E-state index in [-0.39, 0.29) is 17.5 Å². The molecule has 6 heteroatoms. The van der Waals surface area contributed by atoms with E-state index in [2.05, 4.69) is 5.32 Å². The van der Waals surface area contributed by atoms with Gasteiger partial charge in [-0.2, -0.15) is 0 Å². The van der Waals surface area contributed by atoms with Gasteiger partial charge >= 0.3 is 5.97 Å². The Labute approximate surface area is 139 Å². The second-order valence-electron chi connectivity index (χ2n) is 5.24. The average Bonchev–Trinajstić information content (AvgIpc) is 3.05. The summed E-state index contributed by atoms with van der Waals surface area (Å²) >= 11 is 0. The van der Waals surface area contributed by atoms with Crippen LogP contribution in [-0.4, -0.2) is 30.3 Å². The van der Waals surface area contributed by atoms with Crippen LogP contribution in [-0.2, 0) is 9.53 Å². The van der Waals surface area contributed by atoms with Crippen LogP contribution in [0.25, 0.3) is 11.3 Å². The monoisotopic (exact) mass is 329 g/mol. The van der Waals surface area contributed by atoms with Crippen LogP contribution in [0.4, 0.5) is 0 Å². The third kappa shape index (κ3) is 4.10. The number of furan rings is 1. The Morgan fingerprint density at radius 2 is 1.79 bits per heavy atom. The van der Waals surface area contributed by atoms with Crippen LogP contribution in [0.1, 0.15) is 41.7 Å². The van der Waals surface area contributed by atoms with Crippen LogP contribution in [0, 0.1) is 0 Å². The largest absolute Gasteiger partial charge is 0.449 e. The SMILES string of the molecule is CCNC(=O)[C@@H](C)OC(=O)c1ccc(-c2ccc(C(C)=O)cc2)o1. The van der Waals surface area contributed by atoms with Crippen molar-refractivity contribution in [2.24, 2.45) is 0 Å². The molecule has 1 heterocycles. The number of amides is 1. The number of benzene rings is 1. The summed E-state index contributed by atoms with van der Waals surface area (Å²) in [4.78, 5) is 34.9.